The lowest BCUT2D eigenvalue weighted by Gasteiger charge is -2.32. The van der Waals surface area contributed by atoms with Gasteiger partial charge in [0.25, 0.3) is 15.9 Å². The van der Waals surface area contributed by atoms with Gasteiger partial charge in [-0.25, -0.2) is 17.9 Å². The van der Waals surface area contributed by atoms with Crippen molar-refractivity contribution in [2.45, 2.75) is 88.8 Å². The highest BCUT2D eigenvalue weighted by molar-refractivity contribution is 7.90. The van der Waals surface area contributed by atoms with Crippen molar-refractivity contribution < 1.29 is 32.3 Å². The molecule has 1 aromatic carbocycles. The fraction of sp³-hybridized carbons (Fsp3) is 0.613. The van der Waals surface area contributed by atoms with Crippen molar-refractivity contribution in [1.82, 2.24) is 20.3 Å². The molecule has 2 aliphatic rings. The summed E-state index contributed by atoms with van der Waals surface area (Å²) in [4.78, 5) is 54.7. The van der Waals surface area contributed by atoms with Gasteiger partial charge in [0.1, 0.15) is 22.1 Å². The minimum atomic E-state index is -4.27. The molecule has 4 amide bonds. The van der Waals surface area contributed by atoms with Crippen molar-refractivity contribution in [1.29, 1.82) is 0 Å². The number of anilines is 1. The number of hydrogen-bond donors (Lipinski definition) is 4. The summed E-state index contributed by atoms with van der Waals surface area (Å²) >= 11 is 0. The number of alkyl carbamates (subject to hydrolysis) is 1. The Hall–Kier alpha value is -3.61. The number of hydrogen-bond acceptors (Lipinski definition) is 8. The molecule has 44 heavy (non-hydrogen) atoms. The number of rotatable bonds is 13. The minimum absolute atomic E-state index is 0.112. The molecule has 0 spiro atoms. The molecule has 0 heterocycles. The first-order valence-electron chi connectivity index (χ1n) is 15.1. The minimum Gasteiger partial charge on any atom is -0.444 e. The van der Waals surface area contributed by atoms with E-state index in [-0.39, 0.29) is 29.7 Å². The van der Waals surface area contributed by atoms with Crippen molar-refractivity contribution >= 4 is 39.5 Å². The van der Waals surface area contributed by atoms with Gasteiger partial charge in [-0.15, -0.1) is 6.58 Å². The van der Waals surface area contributed by atoms with Crippen LogP contribution in [-0.4, -0.2) is 74.5 Å². The third-order valence-corrected chi connectivity index (χ3v) is 9.33. The maximum atomic E-state index is 13.8. The summed E-state index contributed by atoms with van der Waals surface area (Å²) in [6, 6.07) is 5.19. The van der Waals surface area contributed by atoms with E-state index in [2.05, 4.69) is 27.3 Å². The number of carbonyl (C=O) groups excluding carboxylic acids is 4. The summed E-state index contributed by atoms with van der Waals surface area (Å²) in [5, 5.41) is 8.17. The average Bonchev–Trinajstić information content (AvgIpc) is 3.40. The second-order valence-corrected chi connectivity index (χ2v) is 14.6. The summed E-state index contributed by atoms with van der Waals surface area (Å²) in [7, 11) is -2.71. The highest BCUT2D eigenvalue weighted by Gasteiger charge is 2.60. The molecule has 0 aromatic heterocycles. The van der Waals surface area contributed by atoms with Crippen LogP contribution in [0.1, 0.15) is 66.7 Å². The van der Waals surface area contributed by atoms with E-state index in [1.165, 1.54) is 17.0 Å². The summed E-state index contributed by atoms with van der Waals surface area (Å²) in [5.41, 5.74) is -1.99. The zero-order chi connectivity index (χ0) is 32.9. The molecule has 0 radical (unpaired) electrons. The van der Waals surface area contributed by atoms with E-state index in [0.29, 0.717) is 12.2 Å². The molecule has 0 aliphatic heterocycles. The molecule has 244 valence electrons. The van der Waals surface area contributed by atoms with Crippen LogP contribution in [0.15, 0.2) is 41.8 Å². The van der Waals surface area contributed by atoms with Gasteiger partial charge in [-0.2, -0.15) is 0 Å². The lowest BCUT2D eigenvalue weighted by atomic mass is 10.0. The molecule has 0 saturated heterocycles. The van der Waals surface area contributed by atoms with Gasteiger partial charge in [0.2, 0.25) is 11.8 Å². The first-order valence-corrected chi connectivity index (χ1v) is 16.6. The molecular weight excluding hydrogens is 586 g/mol. The number of nitrogens with one attached hydrogen (secondary N) is 4. The molecule has 13 heteroatoms. The van der Waals surface area contributed by atoms with Crippen molar-refractivity contribution in [3.8, 4) is 0 Å². The van der Waals surface area contributed by atoms with Crippen molar-refractivity contribution in [3.63, 3.8) is 0 Å². The molecule has 4 N–H and O–H groups in total. The maximum Gasteiger partial charge on any atom is 0.408 e. The number of benzene rings is 1. The summed E-state index contributed by atoms with van der Waals surface area (Å²) in [6.45, 7) is 12.4. The Bertz CT molecular complexity index is 1350. The second-order valence-electron chi connectivity index (χ2n) is 13.0. The van der Waals surface area contributed by atoms with Crippen LogP contribution < -0.4 is 20.7 Å². The zero-order valence-electron chi connectivity index (χ0n) is 26.6. The van der Waals surface area contributed by atoms with Gasteiger partial charge < -0.3 is 25.6 Å². The highest BCUT2D eigenvalue weighted by Crippen LogP contribution is 2.45. The number of sulfonamides is 1. The van der Waals surface area contributed by atoms with Gasteiger partial charge in [-0.3, -0.25) is 14.4 Å². The predicted octanol–water partition coefficient (Wildman–Crippen LogP) is 3.16. The van der Waals surface area contributed by atoms with Gasteiger partial charge in [-0.1, -0.05) is 44.9 Å². The highest BCUT2D eigenvalue weighted by atomic mass is 32.2. The topological polar surface area (TPSA) is 163 Å². The molecule has 12 nitrogen and oxygen atoms in total. The first-order chi connectivity index (χ1) is 20.5. The molecule has 0 bridgehead atoms. The summed E-state index contributed by atoms with van der Waals surface area (Å²) in [6.07, 6.45) is 4.79. The van der Waals surface area contributed by atoms with E-state index < -0.39 is 56.9 Å². The summed E-state index contributed by atoms with van der Waals surface area (Å²) < 4.78 is 33.8. The molecule has 2 saturated carbocycles. The van der Waals surface area contributed by atoms with Crippen LogP contribution in [0.4, 0.5) is 10.5 Å². The first kappa shape index (κ1) is 34.9. The van der Waals surface area contributed by atoms with Gasteiger partial charge >= 0.3 is 6.09 Å². The molecule has 3 rings (SSSR count). The largest absolute Gasteiger partial charge is 0.444 e. The Morgan fingerprint density at radius 3 is 2.32 bits per heavy atom. The molecule has 2 aliphatic carbocycles. The van der Waals surface area contributed by atoms with Crippen molar-refractivity contribution in [3.05, 3.63) is 36.9 Å². The summed E-state index contributed by atoms with van der Waals surface area (Å²) in [5.74, 6) is -2.56. The molecule has 2 fully saturated rings. The Balaban J connectivity index is 1.80. The number of para-hydroxylation sites is 1. The third kappa shape index (κ3) is 8.73. The lowest BCUT2D eigenvalue weighted by molar-refractivity contribution is -0.140. The van der Waals surface area contributed by atoms with Gasteiger partial charge in [0, 0.05) is 19.5 Å². The fourth-order valence-electron chi connectivity index (χ4n) is 5.55. The number of ether oxygens (including phenoxy) is 1. The van der Waals surface area contributed by atoms with E-state index in [1.807, 2.05) is 0 Å². The van der Waals surface area contributed by atoms with E-state index in [4.69, 9.17) is 4.74 Å². The standard InChI is InChI=1S/C31H47N5O7S/c1-8-22-17-31(22,28(39)35-44(41,42)24-16-12-11-15-23(24)32-7)34-25(37)19-36(18-21-13-9-10-14-21)27(38)26(20(2)3)33-29(40)43-30(4,5)6/h8,11-12,15-16,20-22,26,32H,1,9-10,13-14,17-19H2,2-7H3,(H,33,40)(H,34,37)(H,35,39)/t22?,26-,31?/m0/s1. The van der Waals surface area contributed by atoms with Crippen LogP contribution in [0.5, 0.6) is 0 Å². The molecule has 2 unspecified atom stereocenters. The lowest BCUT2D eigenvalue weighted by Crippen LogP contribution is -2.57. The number of carbonyl (C=O) groups is 4. The monoisotopic (exact) mass is 633 g/mol. The fourth-order valence-corrected chi connectivity index (χ4v) is 6.81. The van der Waals surface area contributed by atoms with Crippen LogP contribution >= 0.6 is 0 Å². The Labute approximate surface area is 260 Å². The van der Waals surface area contributed by atoms with Crippen LogP contribution in [0.3, 0.4) is 0 Å². The van der Waals surface area contributed by atoms with Gasteiger partial charge in [0.15, 0.2) is 0 Å². The molecular formula is C31H47N5O7S. The van der Waals surface area contributed by atoms with Crippen molar-refractivity contribution in [2.75, 3.05) is 25.5 Å². The van der Waals surface area contributed by atoms with Crippen molar-refractivity contribution in [2.24, 2.45) is 17.8 Å². The Morgan fingerprint density at radius 1 is 1.14 bits per heavy atom. The third-order valence-electron chi connectivity index (χ3n) is 7.94. The number of amides is 4. The van der Waals surface area contributed by atoms with Crippen LogP contribution in [0.2, 0.25) is 0 Å². The van der Waals surface area contributed by atoms with Crippen LogP contribution in [0, 0.1) is 17.8 Å². The van der Waals surface area contributed by atoms with E-state index in [9.17, 15) is 27.6 Å². The second kappa shape index (κ2) is 14.0. The van der Waals surface area contributed by atoms with E-state index >= 15 is 0 Å². The number of nitrogens with zero attached hydrogens (tertiary/aromatic N) is 1. The maximum absolute atomic E-state index is 13.8. The Kier molecular flexibility index (Phi) is 11.1. The Morgan fingerprint density at radius 2 is 1.77 bits per heavy atom. The molecule has 1 aromatic rings. The van der Waals surface area contributed by atoms with Crippen LogP contribution in [-0.2, 0) is 29.1 Å². The van der Waals surface area contributed by atoms with E-state index in [0.717, 1.165) is 25.7 Å². The quantitative estimate of drug-likeness (QED) is 0.241. The van der Waals surface area contributed by atoms with Gasteiger partial charge in [-0.05, 0) is 64.0 Å². The predicted molar refractivity (Wildman–Crippen MR) is 167 cm³/mol. The zero-order valence-corrected chi connectivity index (χ0v) is 27.4. The smallest absolute Gasteiger partial charge is 0.408 e. The van der Waals surface area contributed by atoms with Crippen LogP contribution in [0.25, 0.3) is 0 Å². The SMILES string of the molecule is C=CC1CC1(NC(=O)CN(CC1CCCC1)C(=O)[C@@H](NC(=O)OC(C)(C)C)C(C)C)C(=O)NS(=O)(=O)c1ccccc1NC. The van der Waals surface area contributed by atoms with Gasteiger partial charge in [0.05, 0.1) is 12.2 Å². The molecule has 3 atom stereocenters. The van der Waals surface area contributed by atoms with E-state index in [1.54, 1.807) is 59.9 Å². The normalized spacial score (nSPS) is 20.8. The average molecular weight is 634 g/mol.